The fourth-order valence-electron chi connectivity index (χ4n) is 1.50. The van der Waals surface area contributed by atoms with E-state index in [1.807, 2.05) is 18.9 Å². The maximum Gasteiger partial charge on any atom is 0.234 e. The van der Waals surface area contributed by atoms with Gasteiger partial charge in [0.25, 0.3) is 0 Å². The average molecular weight is 171 g/mol. The van der Waals surface area contributed by atoms with Gasteiger partial charge in [-0.05, 0) is 26.9 Å². The third kappa shape index (κ3) is 1.95. The predicted octanol–water partition coefficient (Wildman–Crippen LogP) is -0.846. The molecule has 3 N–H and O–H groups in total. The summed E-state index contributed by atoms with van der Waals surface area (Å²) in [7, 11) is 1.95. The quantitative estimate of drug-likeness (QED) is 0.582. The zero-order valence-corrected chi connectivity index (χ0v) is 7.71. The molecule has 1 saturated heterocycles. The van der Waals surface area contributed by atoms with Crippen molar-refractivity contribution < 1.29 is 4.79 Å². The minimum absolute atomic E-state index is 0.158. The van der Waals surface area contributed by atoms with Crippen LogP contribution in [-0.4, -0.2) is 43.0 Å². The van der Waals surface area contributed by atoms with Gasteiger partial charge in [-0.1, -0.05) is 0 Å². The van der Waals surface area contributed by atoms with Crippen molar-refractivity contribution in [2.24, 2.45) is 5.73 Å². The van der Waals surface area contributed by atoms with E-state index in [2.05, 4.69) is 5.32 Å². The highest BCUT2D eigenvalue weighted by atomic mass is 16.1. The molecule has 1 rings (SSSR count). The molecule has 4 nitrogen and oxygen atoms in total. The second-order valence-electron chi connectivity index (χ2n) is 3.39. The number of nitrogens with two attached hydrogens (primary N) is 1. The summed E-state index contributed by atoms with van der Waals surface area (Å²) in [4.78, 5) is 12.9. The zero-order valence-electron chi connectivity index (χ0n) is 7.71. The molecule has 2 atom stereocenters. The first-order valence-corrected chi connectivity index (χ1v) is 4.35. The Morgan fingerprint density at radius 2 is 2.42 bits per heavy atom. The van der Waals surface area contributed by atoms with Gasteiger partial charge in [0.1, 0.15) is 0 Å². The minimum Gasteiger partial charge on any atom is -0.368 e. The number of hydrogen-bond acceptors (Lipinski definition) is 3. The molecular formula is C8H17N3O. The fraction of sp³-hybridized carbons (Fsp3) is 0.875. The average Bonchev–Trinajstić information content (AvgIpc) is 2.53. The van der Waals surface area contributed by atoms with E-state index in [1.165, 1.54) is 0 Å². The Bertz CT molecular complexity index is 166. The Balaban J connectivity index is 2.44. The van der Waals surface area contributed by atoms with Crippen LogP contribution in [0.3, 0.4) is 0 Å². The van der Waals surface area contributed by atoms with Gasteiger partial charge in [0.2, 0.25) is 5.91 Å². The molecule has 1 aliphatic rings. The maximum absolute atomic E-state index is 10.9. The number of nitrogens with one attached hydrogen (secondary N) is 1. The fourth-order valence-corrected chi connectivity index (χ4v) is 1.50. The summed E-state index contributed by atoms with van der Waals surface area (Å²) < 4.78 is 0. The van der Waals surface area contributed by atoms with Crippen molar-refractivity contribution >= 4 is 5.91 Å². The molecule has 0 saturated carbocycles. The van der Waals surface area contributed by atoms with Crippen LogP contribution < -0.4 is 11.1 Å². The molecule has 1 unspecified atom stereocenters. The predicted molar refractivity (Wildman–Crippen MR) is 47.7 cm³/mol. The van der Waals surface area contributed by atoms with E-state index in [0.717, 1.165) is 19.5 Å². The minimum atomic E-state index is -0.246. The molecule has 70 valence electrons. The van der Waals surface area contributed by atoms with Gasteiger partial charge in [-0.15, -0.1) is 0 Å². The van der Waals surface area contributed by atoms with Crippen LogP contribution in [0.1, 0.15) is 13.3 Å². The molecule has 0 aromatic heterocycles. The summed E-state index contributed by atoms with van der Waals surface area (Å²) in [6.07, 6.45) is 1.11. The van der Waals surface area contributed by atoms with Gasteiger partial charge >= 0.3 is 0 Å². The topological polar surface area (TPSA) is 58.4 Å². The molecule has 1 aliphatic heterocycles. The number of carbonyl (C=O) groups excluding carboxylic acids is 1. The Hall–Kier alpha value is -0.610. The summed E-state index contributed by atoms with van der Waals surface area (Å²) in [5.41, 5.74) is 5.20. The normalized spacial score (nSPS) is 26.1. The van der Waals surface area contributed by atoms with Crippen molar-refractivity contribution in [2.75, 3.05) is 20.1 Å². The molecule has 4 heteroatoms. The van der Waals surface area contributed by atoms with Gasteiger partial charge in [0.05, 0.1) is 6.04 Å². The van der Waals surface area contributed by atoms with Gasteiger partial charge in [0.15, 0.2) is 0 Å². The van der Waals surface area contributed by atoms with Crippen molar-refractivity contribution in [3.63, 3.8) is 0 Å². The summed E-state index contributed by atoms with van der Waals surface area (Å²) in [6.45, 7) is 3.86. The number of amides is 1. The van der Waals surface area contributed by atoms with Crippen LogP contribution in [0.5, 0.6) is 0 Å². The second kappa shape index (κ2) is 3.87. The summed E-state index contributed by atoms with van der Waals surface area (Å²) in [6, 6.07) is 0.308. The van der Waals surface area contributed by atoms with E-state index >= 15 is 0 Å². The lowest BCUT2D eigenvalue weighted by Crippen LogP contribution is -2.46. The molecule has 0 radical (unpaired) electrons. The lowest BCUT2D eigenvalue weighted by atomic mass is 10.2. The van der Waals surface area contributed by atoms with Gasteiger partial charge in [-0.3, -0.25) is 9.69 Å². The van der Waals surface area contributed by atoms with Crippen LogP contribution in [-0.2, 0) is 4.79 Å². The van der Waals surface area contributed by atoms with Gasteiger partial charge in [-0.25, -0.2) is 0 Å². The van der Waals surface area contributed by atoms with E-state index in [-0.39, 0.29) is 11.9 Å². The molecular weight excluding hydrogens is 154 g/mol. The Morgan fingerprint density at radius 3 is 2.83 bits per heavy atom. The van der Waals surface area contributed by atoms with Crippen LogP contribution >= 0.6 is 0 Å². The monoisotopic (exact) mass is 171 g/mol. The third-order valence-corrected chi connectivity index (χ3v) is 2.63. The van der Waals surface area contributed by atoms with Gasteiger partial charge < -0.3 is 11.1 Å². The summed E-state index contributed by atoms with van der Waals surface area (Å²) >= 11 is 0. The molecule has 0 aromatic carbocycles. The smallest absolute Gasteiger partial charge is 0.234 e. The maximum atomic E-state index is 10.9. The molecule has 1 amide bonds. The van der Waals surface area contributed by atoms with Crippen LogP contribution in [0.4, 0.5) is 0 Å². The van der Waals surface area contributed by atoms with E-state index in [4.69, 9.17) is 5.73 Å². The number of rotatable bonds is 3. The Labute approximate surface area is 73.1 Å². The highest BCUT2D eigenvalue weighted by molar-refractivity contribution is 5.79. The zero-order chi connectivity index (χ0) is 9.14. The molecule has 1 heterocycles. The van der Waals surface area contributed by atoms with Crippen LogP contribution in [0.25, 0.3) is 0 Å². The van der Waals surface area contributed by atoms with Crippen molar-refractivity contribution in [1.82, 2.24) is 10.2 Å². The Morgan fingerprint density at radius 1 is 1.75 bits per heavy atom. The Kier molecular flexibility index (Phi) is 3.05. The molecule has 0 aliphatic carbocycles. The number of likely N-dealkylation sites (N-methyl/N-ethyl adjacent to an activating group) is 1. The number of primary amides is 1. The third-order valence-electron chi connectivity index (χ3n) is 2.63. The lowest BCUT2D eigenvalue weighted by Gasteiger charge is -2.27. The van der Waals surface area contributed by atoms with Crippen LogP contribution in [0.2, 0.25) is 0 Å². The number of carbonyl (C=O) groups is 1. The van der Waals surface area contributed by atoms with Gasteiger partial charge in [0, 0.05) is 12.6 Å². The second-order valence-corrected chi connectivity index (χ2v) is 3.39. The van der Waals surface area contributed by atoms with E-state index in [0.29, 0.717) is 6.04 Å². The van der Waals surface area contributed by atoms with Crippen molar-refractivity contribution in [3.05, 3.63) is 0 Å². The molecule has 0 bridgehead atoms. The van der Waals surface area contributed by atoms with E-state index in [1.54, 1.807) is 0 Å². The highest BCUT2D eigenvalue weighted by Gasteiger charge is 2.25. The standard InChI is InChI=1S/C8H17N3O/c1-6(8(9)12)11(2)7-3-4-10-5-7/h6-7,10H,3-5H2,1-2H3,(H2,9,12)/t6?,7-/m0/s1. The largest absolute Gasteiger partial charge is 0.368 e. The summed E-state index contributed by atoms with van der Waals surface area (Å²) in [5, 5.41) is 3.25. The first kappa shape index (κ1) is 9.48. The van der Waals surface area contributed by atoms with E-state index in [9.17, 15) is 4.79 Å². The number of nitrogens with zero attached hydrogens (tertiary/aromatic N) is 1. The molecule has 1 fully saturated rings. The van der Waals surface area contributed by atoms with Crippen LogP contribution in [0.15, 0.2) is 0 Å². The van der Waals surface area contributed by atoms with Crippen molar-refractivity contribution in [2.45, 2.75) is 25.4 Å². The first-order chi connectivity index (χ1) is 5.63. The molecule has 0 aromatic rings. The molecule has 0 spiro atoms. The van der Waals surface area contributed by atoms with Crippen molar-refractivity contribution in [1.29, 1.82) is 0 Å². The molecule has 12 heavy (non-hydrogen) atoms. The SMILES string of the molecule is CC(C(N)=O)N(C)[C@H]1CCNC1. The summed E-state index contributed by atoms with van der Waals surface area (Å²) in [5.74, 6) is -0.246. The van der Waals surface area contributed by atoms with Crippen LogP contribution in [0, 0.1) is 0 Å². The van der Waals surface area contributed by atoms with Crippen molar-refractivity contribution in [3.8, 4) is 0 Å². The van der Waals surface area contributed by atoms with E-state index < -0.39 is 0 Å². The lowest BCUT2D eigenvalue weighted by molar-refractivity contribution is -0.122. The first-order valence-electron chi connectivity index (χ1n) is 4.35. The van der Waals surface area contributed by atoms with Gasteiger partial charge in [-0.2, -0.15) is 0 Å². The number of hydrogen-bond donors (Lipinski definition) is 2. The highest BCUT2D eigenvalue weighted by Crippen LogP contribution is 2.09.